The molecule has 0 fully saturated rings. The van der Waals surface area contributed by atoms with Crippen LogP contribution in [-0.2, 0) is 22.4 Å². The zero-order valence-electron chi connectivity index (χ0n) is 21.1. The molecule has 2 rings (SSSR count). The van der Waals surface area contributed by atoms with Crippen LogP contribution in [0.15, 0.2) is 35.4 Å². The molecule has 14 heteroatoms. The third-order valence-electron chi connectivity index (χ3n) is 5.68. The summed E-state index contributed by atoms with van der Waals surface area (Å²) in [6, 6.07) is 3.94. The Kier molecular flexibility index (Phi) is 10.5. The summed E-state index contributed by atoms with van der Waals surface area (Å²) < 4.78 is 107. The van der Waals surface area contributed by atoms with Gasteiger partial charge in [-0.05, 0) is 51.0 Å². The van der Waals surface area contributed by atoms with Gasteiger partial charge in [0, 0.05) is 25.7 Å². The molecule has 0 spiro atoms. The minimum absolute atomic E-state index is 0.0396. The molecule has 212 valence electrons. The molecule has 0 aliphatic rings. The van der Waals surface area contributed by atoms with Crippen molar-refractivity contribution in [2.45, 2.75) is 69.8 Å². The highest BCUT2D eigenvalue weighted by Gasteiger charge is 2.39. The fraction of sp³-hybridized carbons (Fsp3) is 0.542. The summed E-state index contributed by atoms with van der Waals surface area (Å²) >= 11 is 0. The van der Waals surface area contributed by atoms with E-state index in [0.717, 1.165) is 37.4 Å². The van der Waals surface area contributed by atoms with E-state index in [1.54, 1.807) is 6.92 Å². The van der Waals surface area contributed by atoms with Crippen molar-refractivity contribution in [3.8, 4) is 5.75 Å². The van der Waals surface area contributed by atoms with Crippen LogP contribution in [0.2, 0.25) is 0 Å². The molecule has 1 heterocycles. The normalized spacial score (nSPS) is 13.3. The van der Waals surface area contributed by atoms with Crippen molar-refractivity contribution in [3.63, 3.8) is 0 Å². The minimum atomic E-state index is -4.71. The molecule has 1 atom stereocenters. The van der Waals surface area contributed by atoms with E-state index in [9.17, 15) is 39.6 Å². The van der Waals surface area contributed by atoms with E-state index in [2.05, 4.69) is 9.97 Å². The maximum absolute atomic E-state index is 13.3. The summed E-state index contributed by atoms with van der Waals surface area (Å²) in [5, 5.41) is 0. The molecule has 38 heavy (non-hydrogen) atoms. The van der Waals surface area contributed by atoms with Gasteiger partial charge < -0.3 is 9.64 Å². The van der Waals surface area contributed by atoms with Crippen LogP contribution in [0, 0.1) is 0 Å². The van der Waals surface area contributed by atoms with Crippen LogP contribution < -0.4 is 4.74 Å². The number of alkyl halides is 6. The van der Waals surface area contributed by atoms with Crippen molar-refractivity contribution < 1.29 is 44.3 Å². The molecule has 7 nitrogen and oxygen atoms in total. The summed E-state index contributed by atoms with van der Waals surface area (Å²) in [6.45, 7) is 4.18. The number of hydrogen-bond acceptors (Lipinski definition) is 6. The summed E-state index contributed by atoms with van der Waals surface area (Å²) in [7, 11) is -3.75. The highest BCUT2D eigenvalue weighted by atomic mass is 32.2. The van der Waals surface area contributed by atoms with Crippen LogP contribution in [0.4, 0.5) is 26.3 Å². The number of carbonyl (C=O) groups excluding carboxylic acids is 1. The molecular formula is C24H29F6N3O4S. The van der Waals surface area contributed by atoms with E-state index in [1.807, 2.05) is 0 Å². The first-order valence-electron chi connectivity index (χ1n) is 11.9. The summed E-state index contributed by atoms with van der Waals surface area (Å²) in [5.41, 5.74) is -1.34. The lowest BCUT2D eigenvalue weighted by Gasteiger charge is -2.24. The number of rotatable bonds is 12. The van der Waals surface area contributed by atoms with Crippen molar-refractivity contribution in [1.82, 2.24) is 14.9 Å². The van der Waals surface area contributed by atoms with Crippen LogP contribution in [0.1, 0.15) is 61.9 Å². The lowest BCUT2D eigenvalue weighted by molar-refractivity contribution is -0.189. The summed E-state index contributed by atoms with van der Waals surface area (Å²) in [4.78, 5) is 21.7. The molecule has 2 aromatic rings. The van der Waals surface area contributed by atoms with E-state index in [-0.39, 0.29) is 41.5 Å². The Bertz CT molecular complexity index is 1200. The van der Waals surface area contributed by atoms with Gasteiger partial charge in [0.05, 0.1) is 16.2 Å². The molecule has 1 unspecified atom stereocenters. The Labute approximate surface area is 217 Å². The third-order valence-corrected chi connectivity index (χ3v) is 7.41. The molecule has 0 aliphatic heterocycles. The monoisotopic (exact) mass is 569 g/mol. The Morgan fingerprint density at radius 1 is 1.05 bits per heavy atom. The topological polar surface area (TPSA) is 89.5 Å². The molecule has 0 radical (unpaired) electrons. The molecule has 0 bridgehead atoms. The predicted octanol–water partition coefficient (Wildman–Crippen LogP) is 5.49. The van der Waals surface area contributed by atoms with Crippen LogP contribution in [0.25, 0.3) is 0 Å². The molecule has 0 N–H and O–H groups in total. The molecule has 0 aliphatic carbocycles. The number of nitrogens with zero attached hydrogens (tertiary/aromatic N) is 3. The van der Waals surface area contributed by atoms with Gasteiger partial charge in [0.15, 0.2) is 15.9 Å². The number of unbranched alkanes of at least 4 members (excludes halogenated alkanes) is 2. The number of sulfone groups is 1. The van der Waals surface area contributed by atoms with Crippen LogP contribution in [0.3, 0.4) is 0 Å². The Morgan fingerprint density at radius 3 is 2.32 bits per heavy atom. The van der Waals surface area contributed by atoms with Crippen molar-refractivity contribution in [3.05, 3.63) is 47.5 Å². The van der Waals surface area contributed by atoms with E-state index >= 15 is 0 Å². The fourth-order valence-electron chi connectivity index (χ4n) is 3.41. The number of halogens is 6. The third kappa shape index (κ3) is 8.57. The first-order chi connectivity index (χ1) is 17.6. The van der Waals surface area contributed by atoms with Crippen molar-refractivity contribution in [2.24, 2.45) is 0 Å². The number of aryl methyl sites for hydroxylation is 1. The van der Waals surface area contributed by atoms with Gasteiger partial charge in [-0.2, -0.15) is 26.3 Å². The second-order valence-electron chi connectivity index (χ2n) is 8.41. The molecule has 1 aromatic heterocycles. The number of ether oxygens (including phenoxy) is 1. The van der Waals surface area contributed by atoms with Gasteiger partial charge in [0.25, 0.3) is 5.91 Å². The molecule has 1 amide bonds. The fourth-order valence-corrected chi connectivity index (χ4v) is 4.32. The van der Waals surface area contributed by atoms with Gasteiger partial charge in [0.2, 0.25) is 0 Å². The molecular weight excluding hydrogens is 540 g/mol. The van der Waals surface area contributed by atoms with Gasteiger partial charge in [-0.1, -0.05) is 13.3 Å². The molecule has 1 aromatic carbocycles. The lowest BCUT2D eigenvalue weighted by Crippen LogP contribution is -2.34. The second kappa shape index (κ2) is 12.8. The van der Waals surface area contributed by atoms with Gasteiger partial charge >= 0.3 is 12.4 Å². The van der Waals surface area contributed by atoms with Gasteiger partial charge in [0.1, 0.15) is 17.3 Å². The van der Waals surface area contributed by atoms with Crippen molar-refractivity contribution >= 4 is 15.7 Å². The smallest absolute Gasteiger partial charge is 0.433 e. The second-order valence-corrected chi connectivity index (χ2v) is 10.7. The average molecular weight is 570 g/mol. The van der Waals surface area contributed by atoms with Crippen LogP contribution >= 0.6 is 0 Å². The largest absolute Gasteiger partial charge is 0.480 e. The van der Waals surface area contributed by atoms with E-state index < -0.39 is 45.6 Å². The van der Waals surface area contributed by atoms with Gasteiger partial charge in [-0.3, -0.25) is 4.79 Å². The van der Waals surface area contributed by atoms with Gasteiger partial charge in [-0.15, -0.1) is 0 Å². The lowest BCUT2D eigenvalue weighted by atomic mass is 10.1. The standard InChI is InChI=1S/C24H29F6N3O4S/c1-4-33(14-8-6-7-9-21-31-13-12-20(32-21)24(28,29)30)22(34)18-15-17(38(35,36)5-2)10-11-19(18)37-16(3)23(25,26)27/h10-13,15-16H,4-9,14H2,1-3H3. The quantitative estimate of drug-likeness (QED) is 0.248. The Hall–Kier alpha value is -2.90. The minimum Gasteiger partial charge on any atom is -0.480 e. The van der Waals surface area contributed by atoms with Crippen molar-refractivity contribution in [2.75, 3.05) is 18.8 Å². The van der Waals surface area contributed by atoms with Gasteiger partial charge in [-0.25, -0.2) is 18.4 Å². The first kappa shape index (κ1) is 31.3. The number of aromatic nitrogens is 2. The number of benzene rings is 1. The average Bonchev–Trinajstić information content (AvgIpc) is 2.85. The van der Waals surface area contributed by atoms with E-state index in [1.165, 1.54) is 11.8 Å². The van der Waals surface area contributed by atoms with E-state index in [4.69, 9.17) is 4.74 Å². The Balaban J connectivity index is 2.13. The SMILES string of the molecule is CCN(CCCCCc1nccc(C(F)(F)F)n1)C(=O)c1cc(S(=O)(=O)CC)ccc1OC(C)C(F)(F)F. The Morgan fingerprint density at radius 2 is 1.74 bits per heavy atom. The van der Waals surface area contributed by atoms with Crippen molar-refractivity contribution in [1.29, 1.82) is 0 Å². The highest BCUT2D eigenvalue weighted by molar-refractivity contribution is 7.91. The van der Waals surface area contributed by atoms with Crippen LogP contribution in [-0.4, -0.2) is 60.3 Å². The number of hydrogen-bond donors (Lipinski definition) is 0. The zero-order chi connectivity index (χ0) is 28.7. The predicted molar refractivity (Wildman–Crippen MR) is 126 cm³/mol. The molecule has 0 saturated heterocycles. The molecule has 0 saturated carbocycles. The maximum Gasteiger partial charge on any atom is 0.433 e. The number of amides is 1. The highest BCUT2D eigenvalue weighted by Crippen LogP contribution is 2.30. The van der Waals surface area contributed by atoms with E-state index in [0.29, 0.717) is 19.3 Å². The van der Waals surface area contributed by atoms with Crippen LogP contribution in [0.5, 0.6) is 5.75 Å². The maximum atomic E-state index is 13.3. The number of carbonyl (C=O) groups is 1. The summed E-state index contributed by atoms with van der Waals surface area (Å²) in [6.07, 6.45) is -8.92. The zero-order valence-corrected chi connectivity index (χ0v) is 21.9. The summed E-state index contributed by atoms with van der Waals surface area (Å²) in [5.74, 6) is -1.33. The first-order valence-corrected chi connectivity index (χ1v) is 13.5.